The molecule has 2 N–H and O–H groups in total. The summed E-state index contributed by atoms with van der Waals surface area (Å²) in [5.74, 6) is 5.56. The minimum atomic E-state index is -2.29. The Kier molecular flexibility index (Phi) is 8.14. The minimum Gasteiger partial charge on any atom is -0.481 e. The molecule has 2 aromatic carbocycles. The number of rotatable bonds is 6. The Morgan fingerprint density at radius 3 is 2.32 bits per heavy atom. The van der Waals surface area contributed by atoms with Crippen LogP contribution in [-0.2, 0) is 22.5 Å². The summed E-state index contributed by atoms with van der Waals surface area (Å²) in [5.41, 5.74) is 4.29. The average molecular weight is 524 g/mol. The average Bonchev–Trinajstić information content (AvgIpc) is 2.85. The number of nitrogens with zero attached hydrogens (tertiary/aromatic N) is 3. The SMILES string of the molecule is CC(CC(=O)O)N(N1CCN(c2ccc(C#Cc3ccc4c(c3)C(=O)C(C)(C)CC4)cc2)CC1)S(=O)O. The van der Waals surface area contributed by atoms with Gasteiger partial charge in [0.1, 0.15) is 0 Å². The summed E-state index contributed by atoms with van der Waals surface area (Å²) in [6.45, 7) is 7.92. The fourth-order valence-electron chi connectivity index (χ4n) is 4.92. The van der Waals surface area contributed by atoms with E-state index in [1.54, 1.807) is 11.9 Å². The van der Waals surface area contributed by atoms with Crippen molar-refractivity contribution >= 4 is 28.7 Å². The summed E-state index contributed by atoms with van der Waals surface area (Å²) in [4.78, 5) is 26.0. The summed E-state index contributed by atoms with van der Waals surface area (Å²) < 4.78 is 22.8. The van der Waals surface area contributed by atoms with E-state index in [9.17, 15) is 18.4 Å². The van der Waals surface area contributed by atoms with Crippen molar-refractivity contribution in [2.75, 3.05) is 31.1 Å². The van der Waals surface area contributed by atoms with Crippen LogP contribution in [0, 0.1) is 17.3 Å². The van der Waals surface area contributed by atoms with E-state index >= 15 is 0 Å². The van der Waals surface area contributed by atoms with Crippen molar-refractivity contribution in [1.29, 1.82) is 0 Å². The molecule has 0 bridgehead atoms. The van der Waals surface area contributed by atoms with Crippen LogP contribution in [0.15, 0.2) is 42.5 Å². The van der Waals surface area contributed by atoms with E-state index in [1.165, 1.54) is 4.41 Å². The second-order valence-corrected chi connectivity index (χ2v) is 11.1. The number of hydrazine groups is 1. The van der Waals surface area contributed by atoms with Gasteiger partial charge in [-0.2, -0.15) is 0 Å². The molecule has 1 fully saturated rings. The number of carboxylic acid groups (broad SMARTS) is 1. The molecule has 0 aromatic heterocycles. The van der Waals surface area contributed by atoms with Crippen LogP contribution in [0.25, 0.3) is 0 Å². The first-order valence-electron chi connectivity index (χ1n) is 12.5. The maximum atomic E-state index is 12.8. The number of aryl methyl sites for hydroxylation is 1. The summed E-state index contributed by atoms with van der Waals surface area (Å²) in [6.07, 6.45) is 1.57. The number of carbonyl (C=O) groups is 2. The van der Waals surface area contributed by atoms with Gasteiger partial charge in [0.2, 0.25) is 11.3 Å². The molecule has 1 aliphatic carbocycles. The standard InChI is InChI=1S/C28H33N3O5S/c1-20(18-26(32)33)31(37(35)36)30-16-14-29(15-17-30)24-10-7-21(8-11-24)4-5-22-6-9-23-12-13-28(2,3)27(34)25(23)19-22/h6-11,19-20H,12-18H2,1-3H3,(H,32,33)(H,35,36). The molecule has 1 heterocycles. The molecular weight excluding hydrogens is 490 g/mol. The summed E-state index contributed by atoms with van der Waals surface area (Å²) in [6, 6.07) is 13.3. The highest BCUT2D eigenvalue weighted by Gasteiger charge is 2.34. The monoisotopic (exact) mass is 523 g/mol. The Morgan fingerprint density at radius 1 is 1.08 bits per heavy atom. The molecule has 9 heteroatoms. The molecule has 8 nitrogen and oxygen atoms in total. The van der Waals surface area contributed by atoms with Gasteiger partial charge in [0.25, 0.3) is 0 Å². The second-order valence-electron chi connectivity index (χ2n) is 10.3. The van der Waals surface area contributed by atoms with Gasteiger partial charge in [0, 0.05) is 60.0 Å². The Labute approximate surface area is 220 Å². The number of aliphatic carboxylic acids is 1. The van der Waals surface area contributed by atoms with Crippen LogP contribution in [-0.4, -0.2) is 67.3 Å². The van der Waals surface area contributed by atoms with E-state index < -0.39 is 23.3 Å². The second kappa shape index (κ2) is 11.2. The topological polar surface area (TPSA) is 101 Å². The van der Waals surface area contributed by atoms with Gasteiger partial charge in [-0.1, -0.05) is 31.8 Å². The number of Topliss-reactive ketones (excluding diaryl/α,β-unsaturated/α-hetero) is 1. The van der Waals surface area contributed by atoms with E-state index in [0.29, 0.717) is 26.2 Å². The van der Waals surface area contributed by atoms with Crippen LogP contribution in [0.2, 0.25) is 0 Å². The first-order chi connectivity index (χ1) is 17.5. The van der Waals surface area contributed by atoms with Gasteiger partial charge < -0.3 is 10.0 Å². The van der Waals surface area contributed by atoms with E-state index in [2.05, 4.69) is 16.7 Å². The van der Waals surface area contributed by atoms with Crippen molar-refractivity contribution < 1.29 is 23.5 Å². The Morgan fingerprint density at radius 2 is 1.70 bits per heavy atom. The zero-order valence-corrected chi connectivity index (χ0v) is 22.3. The van der Waals surface area contributed by atoms with E-state index in [-0.39, 0.29) is 17.6 Å². The predicted octanol–water partition coefficient (Wildman–Crippen LogP) is 3.58. The lowest BCUT2D eigenvalue weighted by Gasteiger charge is -2.41. The Bertz CT molecular complexity index is 1260. The van der Waals surface area contributed by atoms with Crippen LogP contribution in [0.1, 0.15) is 60.7 Å². The van der Waals surface area contributed by atoms with Gasteiger partial charge in [-0.05, 0) is 61.7 Å². The van der Waals surface area contributed by atoms with Crippen molar-refractivity contribution in [2.45, 2.75) is 46.1 Å². The molecule has 0 spiro atoms. The predicted molar refractivity (Wildman–Crippen MR) is 143 cm³/mol. The van der Waals surface area contributed by atoms with Crippen LogP contribution >= 0.6 is 0 Å². The third-order valence-corrected chi connectivity index (χ3v) is 8.02. The number of carboxylic acids is 1. The smallest absolute Gasteiger partial charge is 0.305 e. The zero-order valence-electron chi connectivity index (χ0n) is 21.4. The van der Waals surface area contributed by atoms with E-state index in [4.69, 9.17) is 5.11 Å². The normalized spacial score (nSPS) is 19.1. The molecule has 2 unspecified atom stereocenters. The molecule has 37 heavy (non-hydrogen) atoms. The molecule has 2 aliphatic rings. The molecule has 1 aliphatic heterocycles. The lowest BCUT2D eigenvalue weighted by molar-refractivity contribution is -0.139. The third-order valence-electron chi connectivity index (χ3n) is 7.11. The summed E-state index contributed by atoms with van der Waals surface area (Å²) >= 11 is -2.29. The van der Waals surface area contributed by atoms with Gasteiger partial charge in [-0.25, -0.2) is 9.22 Å². The number of ketones is 1. The number of anilines is 1. The molecule has 0 saturated carbocycles. The largest absolute Gasteiger partial charge is 0.481 e. The van der Waals surface area contributed by atoms with Gasteiger partial charge in [-0.15, -0.1) is 4.41 Å². The summed E-state index contributed by atoms with van der Waals surface area (Å²) in [5, 5.41) is 10.8. The highest BCUT2D eigenvalue weighted by Crippen LogP contribution is 2.35. The number of fused-ring (bicyclic) bond motifs is 1. The minimum absolute atomic E-state index is 0.187. The molecule has 2 atom stereocenters. The third kappa shape index (κ3) is 6.28. The molecule has 4 rings (SSSR count). The van der Waals surface area contributed by atoms with Gasteiger partial charge in [-0.3, -0.25) is 14.1 Å². The van der Waals surface area contributed by atoms with Crippen LogP contribution < -0.4 is 4.90 Å². The number of hydrogen-bond donors (Lipinski definition) is 2. The molecular formula is C28H33N3O5S. The first kappa shape index (κ1) is 27.0. The van der Waals surface area contributed by atoms with Gasteiger partial charge in [0.05, 0.1) is 6.42 Å². The Hall–Kier alpha value is -3.03. The van der Waals surface area contributed by atoms with Crippen LogP contribution in [0.3, 0.4) is 0 Å². The van der Waals surface area contributed by atoms with Crippen molar-refractivity contribution in [3.05, 3.63) is 64.7 Å². The van der Waals surface area contributed by atoms with Crippen LogP contribution in [0.5, 0.6) is 0 Å². The zero-order chi connectivity index (χ0) is 26.7. The van der Waals surface area contributed by atoms with Gasteiger partial charge >= 0.3 is 5.97 Å². The first-order valence-corrected chi connectivity index (χ1v) is 13.5. The number of benzene rings is 2. The lowest BCUT2D eigenvalue weighted by atomic mass is 9.73. The number of carbonyl (C=O) groups excluding carboxylic acids is 1. The van der Waals surface area contributed by atoms with E-state index in [1.807, 2.05) is 56.3 Å². The lowest BCUT2D eigenvalue weighted by Crippen LogP contribution is -2.57. The maximum Gasteiger partial charge on any atom is 0.305 e. The number of piperazine rings is 1. The van der Waals surface area contributed by atoms with E-state index in [0.717, 1.165) is 40.8 Å². The van der Waals surface area contributed by atoms with Crippen molar-refractivity contribution in [1.82, 2.24) is 9.42 Å². The van der Waals surface area contributed by atoms with Crippen molar-refractivity contribution in [3.63, 3.8) is 0 Å². The van der Waals surface area contributed by atoms with Crippen molar-refractivity contribution in [3.8, 4) is 11.8 Å². The highest BCUT2D eigenvalue weighted by atomic mass is 32.2. The van der Waals surface area contributed by atoms with Crippen LogP contribution in [0.4, 0.5) is 5.69 Å². The molecule has 0 amide bonds. The number of hydrogen-bond acceptors (Lipinski definition) is 5. The molecule has 2 aromatic rings. The maximum absolute atomic E-state index is 12.8. The molecule has 0 radical (unpaired) electrons. The quantitative estimate of drug-likeness (QED) is 0.441. The fraction of sp³-hybridized carbons (Fsp3) is 0.429. The van der Waals surface area contributed by atoms with Crippen molar-refractivity contribution in [2.24, 2.45) is 5.41 Å². The summed E-state index contributed by atoms with van der Waals surface area (Å²) in [7, 11) is 0. The van der Waals surface area contributed by atoms with Gasteiger partial charge in [0.15, 0.2) is 5.78 Å². The molecule has 196 valence electrons. The fourth-order valence-corrected chi connectivity index (χ4v) is 5.67. The molecule has 1 saturated heterocycles. The Balaban J connectivity index is 1.39. The highest BCUT2D eigenvalue weighted by molar-refractivity contribution is 7.76.